The Kier molecular flexibility index (Phi) is 3.48. The molecule has 0 bridgehead atoms. The maximum Gasteiger partial charge on any atom is 0.339 e. The number of ether oxygens (including phenoxy) is 1. The molecule has 0 saturated carbocycles. The van der Waals surface area contributed by atoms with Crippen LogP contribution in [0, 0.1) is 0 Å². The van der Waals surface area contributed by atoms with Crippen LogP contribution in [0.25, 0.3) is 10.8 Å². The highest BCUT2D eigenvalue weighted by Crippen LogP contribution is 2.26. The van der Waals surface area contributed by atoms with Crippen molar-refractivity contribution in [2.45, 2.75) is 13.0 Å². The molecule has 0 saturated heterocycles. The number of carboxylic acid groups (broad SMARTS) is 1. The van der Waals surface area contributed by atoms with Gasteiger partial charge in [-0.15, -0.1) is 0 Å². The lowest BCUT2D eigenvalue weighted by Gasteiger charge is -2.12. The second-order valence-corrected chi connectivity index (χ2v) is 4.16. The summed E-state index contributed by atoms with van der Waals surface area (Å²) in [5, 5.41) is 20.1. The molecule has 0 amide bonds. The van der Waals surface area contributed by atoms with Gasteiger partial charge in [0.15, 0.2) is 0 Å². The van der Waals surface area contributed by atoms with Gasteiger partial charge in [0.25, 0.3) is 0 Å². The van der Waals surface area contributed by atoms with Crippen molar-refractivity contribution in [3.8, 4) is 5.75 Å². The van der Waals surface area contributed by atoms with Crippen molar-refractivity contribution < 1.29 is 19.7 Å². The monoisotopic (exact) mass is 246 g/mol. The molecule has 1 atom stereocenters. The molecule has 2 rings (SSSR count). The number of carbonyl (C=O) groups is 1. The summed E-state index contributed by atoms with van der Waals surface area (Å²) in [6, 6.07) is 10.7. The molecule has 4 nitrogen and oxygen atoms in total. The average molecular weight is 246 g/mol. The van der Waals surface area contributed by atoms with E-state index in [-0.39, 0.29) is 17.9 Å². The molecule has 4 heteroatoms. The van der Waals surface area contributed by atoms with Crippen LogP contribution in [0.15, 0.2) is 36.4 Å². The van der Waals surface area contributed by atoms with Gasteiger partial charge in [0.05, 0.1) is 6.10 Å². The molecule has 2 aromatic carbocycles. The lowest BCUT2D eigenvalue weighted by atomic mass is 10.1. The SMILES string of the molecule is CC(O)COc1cc2ccccc2cc1C(=O)O. The van der Waals surface area contributed by atoms with Gasteiger partial charge in [-0.25, -0.2) is 4.79 Å². The van der Waals surface area contributed by atoms with Crippen LogP contribution in [-0.4, -0.2) is 28.9 Å². The van der Waals surface area contributed by atoms with Crippen LogP contribution in [0.4, 0.5) is 0 Å². The zero-order chi connectivity index (χ0) is 13.1. The Bertz CT molecular complexity index is 575. The summed E-state index contributed by atoms with van der Waals surface area (Å²) in [5.74, 6) is -0.761. The van der Waals surface area contributed by atoms with E-state index in [4.69, 9.17) is 9.84 Å². The zero-order valence-electron chi connectivity index (χ0n) is 9.96. The number of carboxylic acids is 1. The van der Waals surface area contributed by atoms with E-state index < -0.39 is 12.1 Å². The Labute approximate surface area is 104 Å². The van der Waals surface area contributed by atoms with Gasteiger partial charge in [-0.2, -0.15) is 0 Å². The van der Waals surface area contributed by atoms with Crippen molar-refractivity contribution >= 4 is 16.7 Å². The van der Waals surface area contributed by atoms with Crippen LogP contribution in [-0.2, 0) is 0 Å². The second kappa shape index (κ2) is 5.06. The molecular weight excluding hydrogens is 232 g/mol. The summed E-state index contributed by atoms with van der Waals surface area (Å²) >= 11 is 0. The molecule has 94 valence electrons. The number of rotatable bonds is 4. The van der Waals surface area contributed by atoms with Gasteiger partial charge in [0.1, 0.15) is 17.9 Å². The van der Waals surface area contributed by atoms with Gasteiger partial charge in [0, 0.05) is 0 Å². The lowest BCUT2D eigenvalue weighted by Crippen LogP contribution is -2.14. The second-order valence-electron chi connectivity index (χ2n) is 4.16. The van der Waals surface area contributed by atoms with Crippen molar-refractivity contribution in [2.75, 3.05) is 6.61 Å². The van der Waals surface area contributed by atoms with Gasteiger partial charge < -0.3 is 14.9 Å². The lowest BCUT2D eigenvalue weighted by molar-refractivity contribution is 0.0686. The Hall–Kier alpha value is -2.07. The van der Waals surface area contributed by atoms with Gasteiger partial charge in [0.2, 0.25) is 0 Å². The average Bonchev–Trinajstić information content (AvgIpc) is 2.35. The van der Waals surface area contributed by atoms with Crippen LogP contribution >= 0.6 is 0 Å². The Morgan fingerprint density at radius 3 is 2.44 bits per heavy atom. The van der Waals surface area contributed by atoms with E-state index in [2.05, 4.69) is 0 Å². The molecule has 0 aliphatic rings. The van der Waals surface area contributed by atoms with Crippen LogP contribution in [0.2, 0.25) is 0 Å². The summed E-state index contributed by atoms with van der Waals surface area (Å²) in [7, 11) is 0. The van der Waals surface area contributed by atoms with Gasteiger partial charge in [-0.1, -0.05) is 24.3 Å². The van der Waals surface area contributed by atoms with Crippen LogP contribution in [0.3, 0.4) is 0 Å². The van der Waals surface area contributed by atoms with Gasteiger partial charge in [-0.05, 0) is 29.8 Å². The van der Waals surface area contributed by atoms with Gasteiger partial charge >= 0.3 is 5.97 Å². The Morgan fingerprint density at radius 1 is 1.28 bits per heavy atom. The van der Waals surface area contributed by atoms with E-state index in [1.54, 1.807) is 19.1 Å². The van der Waals surface area contributed by atoms with Crippen molar-refractivity contribution in [1.29, 1.82) is 0 Å². The van der Waals surface area contributed by atoms with Crippen molar-refractivity contribution in [2.24, 2.45) is 0 Å². The van der Waals surface area contributed by atoms with E-state index >= 15 is 0 Å². The predicted octanol–water partition coefficient (Wildman–Crippen LogP) is 2.30. The third-order valence-electron chi connectivity index (χ3n) is 2.56. The normalized spacial score (nSPS) is 12.3. The molecule has 2 aromatic rings. The number of aromatic carboxylic acids is 1. The number of fused-ring (bicyclic) bond motifs is 1. The predicted molar refractivity (Wildman–Crippen MR) is 68.1 cm³/mol. The quantitative estimate of drug-likeness (QED) is 0.868. The highest BCUT2D eigenvalue weighted by Gasteiger charge is 2.13. The minimum Gasteiger partial charge on any atom is -0.490 e. The third-order valence-corrected chi connectivity index (χ3v) is 2.56. The number of benzene rings is 2. The Balaban J connectivity index is 2.47. The van der Waals surface area contributed by atoms with Crippen LogP contribution in [0.5, 0.6) is 5.75 Å². The van der Waals surface area contributed by atoms with Gasteiger partial charge in [-0.3, -0.25) is 0 Å². The van der Waals surface area contributed by atoms with Crippen LogP contribution < -0.4 is 4.74 Å². The highest BCUT2D eigenvalue weighted by molar-refractivity contribution is 5.97. The largest absolute Gasteiger partial charge is 0.490 e. The first-order chi connectivity index (χ1) is 8.58. The molecule has 0 aromatic heterocycles. The molecule has 18 heavy (non-hydrogen) atoms. The Morgan fingerprint density at radius 2 is 1.89 bits per heavy atom. The number of aliphatic hydroxyl groups excluding tert-OH is 1. The molecule has 2 N–H and O–H groups in total. The summed E-state index contributed by atoms with van der Waals surface area (Å²) in [6.45, 7) is 1.65. The van der Waals surface area contributed by atoms with E-state index in [0.717, 1.165) is 10.8 Å². The smallest absolute Gasteiger partial charge is 0.339 e. The minimum absolute atomic E-state index is 0.0681. The topological polar surface area (TPSA) is 66.8 Å². The first-order valence-corrected chi connectivity index (χ1v) is 5.65. The fourth-order valence-electron chi connectivity index (χ4n) is 1.72. The molecule has 0 aliphatic heterocycles. The molecule has 1 unspecified atom stereocenters. The first kappa shape index (κ1) is 12.4. The molecule has 0 spiro atoms. The fourth-order valence-corrected chi connectivity index (χ4v) is 1.72. The maximum absolute atomic E-state index is 11.2. The summed E-state index contributed by atoms with van der Waals surface area (Å²) in [6.07, 6.45) is -0.641. The molecule has 0 heterocycles. The summed E-state index contributed by atoms with van der Waals surface area (Å²) in [4.78, 5) is 11.2. The standard InChI is InChI=1S/C14H14O4/c1-9(15)8-18-13-7-11-5-3-2-4-10(11)6-12(13)14(16)17/h2-7,9,15H,8H2,1H3,(H,16,17). The van der Waals surface area contributed by atoms with Crippen LogP contribution in [0.1, 0.15) is 17.3 Å². The molecule has 0 radical (unpaired) electrons. The van der Waals surface area contributed by atoms with E-state index in [1.807, 2.05) is 24.3 Å². The fraction of sp³-hybridized carbons (Fsp3) is 0.214. The number of hydrogen-bond acceptors (Lipinski definition) is 3. The highest BCUT2D eigenvalue weighted by atomic mass is 16.5. The first-order valence-electron chi connectivity index (χ1n) is 5.65. The number of aliphatic hydroxyl groups is 1. The maximum atomic E-state index is 11.2. The number of hydrogen-bond donors (Lipinski definition) is 2. The van der Waals surface area contributed by atoms with Crippen molar-refractivity contribution in [3.05, 3.63) is 42.0 Å². The van der Waals surface area contributed by atoms with Crippen molar-refractivity contribution in [3.63, 3.8) is 0 Å². The van der Waals surface area contributed by atoms with E-state index in [9.17, 15) is 9.90 Å². The molecule has 0 aliphatic carbocycles. The van der Waals surface area contributed by atoms with E-state index in [1.165, 1.54) is 0 Å². The third kappa shape index (κ3) is 2.60. The van der Waals surface area contributed by atoms with E-state index in [0.29, 0.717) is 0 Å². The molecular formula is C14H14O4. The summed E-state index contributed by atoms with van der Waals surface area (Å²) in [5.41, 5.74) is 0.106. The molecule has 0 fully saturated rings. The van der Waals surface area contributed by atoms with Crippen molar-refractivity contribution in [1.82, 2.24) is 0 Å². The minimum atomic E-state index is -1.04. The zero-order valence-corrected chi connectivity index (χ0v) is 9.96. The summed E-state index contributed by atoms with van der Waals surface area (Å²) < 4.78 is 5.34.